The Hall–Kier alpha value is -1.61. The Morgan fingerprint density at radius 2 is 1.84 bits per heavy atom. The molecule has 0 fully saturated rings. The van der Waals surface area contributed by atoms with Gasteiger partial charge < -0.3 is 5.73 Å². The van der Waals surface area contributed by atoms with Crippen LogP contribution in [0.25, 0.3) is 0 Å². The Bertz CT molecular complexity index is 582. The van der Waals surface area contributed by atoms with Crippen LogP contribution in [-0.4, -0.2) is 16.3 Å². The Balaban J connectivity index is 2.28. The van der Waals surface area contributed by atoms with Crippen molar-refractivity contribution in [3.8, 4) is 0 Å². The maximum absolute atomic E-state index is 5.66. The first-order valence-electron chi connectivity index (χ1n) is 6.82. The van der Waals surface area contributed by atoms with Crippen LogP contribution in [-0.2, 0) is 13.0 Å². The zero-order valence-electron chi connectivity index (χ0n) is 12.3. The van der Waals surface area contributed by atoms with Crippen LogP contribution in [0.5, 0.6) is 0 Å². The lowest BCUT2D eigenvalue weighted by Crippen LogP contribution is -2.07. The van der Waals surface area contributed by atoms with Gasteiger partial charge in [0.1, 0.15) is 0 Å². The van der Waals surface area contributed by atoms with Crippen LogP contribution >= 0.6 is 0 Å². The van der Waals surface area contributed by atoms with Crippen molar-refractivity contribution in [2.75, 3.05) is 6.54 Å². The standard InChI is InChI=1S/C16H23N3/c1-11-5-6-15(9-12(11)2)10-19-14(4)16(7-8-17)13(3)18-19/h5-6,9H,7-8,10,17H2,1-4H3. The summed E-state index contributed by atoms with van der Waals surface area (Å²) >= 11 is 0. The van der Waals surface area contributed by atoms with Crippen LogP contribution in [0, 0.1) is 27.7 Å². The van der Waals surface area contributed by atoms with Crippen LogP contribution in [0.4, 0.5) is 0 Å². The van der Waals surface area contributed by atoms with Crippen LogP contribution in [0.3, 0.4) is 0 Å². The number of benzene rings is 1. The van der Waals surface area contributed by atoms with E-state index < -0.39 is 0 Å². The monoisotopic (exact) mass is 257 g/mol. The minimum Gasteiger partial charge on any atom is -0.330 e. The van der Waals surface area contributed by atoms with E-state index in [9.17, 15) is 0 Å². The molecule has 0 atom stereocenters. The topological polar surface area (TPSA) is 43.8 Å². The zero-order chi connectivity index (χ0) is 14.0. The van der Waals surface area contributed by atoms with Gasteiger partial charge in [0.05, 0.1) is 12.2 Å². The molecule has 0 unspecified atom stereocenters. The first-order chi connectivity index (χ1) is 9.02. The van der Waals surface area contributed by atoms with Crippen molar-refractivity contribution in [3.05, 3.63) is 51.8 Å². The van der Waals surface area contributed by atoms with Crippen LogP contribution in [0.2, 0.25) is 0 Å². The van der Waals surface area contributed by atoms with Gasteiger partial charge in [-0.3, -0.25) is 4.68 Å². The lowest BCUT2D eigenvalue weighted by molar-refractivity contribution is 0.657. The summed E-state index contributed by atoms with van der Waals surface area (Å²) in [7, 11) is 0. The average molecular weight is 257 g/mol. The third-order valence-corrected chi connectivity index (χ3v) is 3.83. The Morgan fingerprint density at radius 3 is 2.47 bits per heavy atom. The van der Waals surface area contributed by atoms with Crippen molar-refractivity contribution in [1.82, 2.24) is 9.78 Å². The lowest BCUT2D eigenvalue weighted by Gasteiger charge is -2.08. The number of hydrogen-bond donors (Lipinski definition) is 1. The van der Waals surface area contributed by atoms with Gasteiger partial charge in [-0.15, -0.1) is 0 Å². The van der Waals surface area contributed by atoms with Gasteiger partial charge in [0.25, 0.3) is 0 Å². The van der Waals surface area contributed by atoms with Gasteiger partial charge in [-0.2, -0.15) is 5.10 Å². The second kappa shape index (κ2) is 5.57. The Labute approximate surface area is 115 Å². The van der Waals surface area contributed by atoms with Crippen LogP contribution in [0.15, 0.2) is 18.2 Å². The van der Waals surface area contributed by atoms with Gasteiger partial charge >= 0.3 is 0 Å². The van der Waals surface area contributed by atoms with Gasteiger partial charge in [0.15, 0.2) is 0 Å². The van der Waals surface area contributed by atoms with E-state index in [2.05, 4.69) is 55.7 Å². The third-order valence-electron chi connectivity index (χ3n) is 3.83. The normalized spacial score (nSPS) is 11.0. The molecule has 2 N–H and O–H groups in total. The predicted octanol–water partition coefficient (Wildman–Crippen LogP) is 2.67. The molecule has 0 bridgehead atoms. The minimum atomic E-state index is 0.678. The van der Waals surface area contributed by atoms with E-state index in [1.165, 1.54) is 27.9 Å². The van der Waals surface area contributed by atoms with Gasteiger partial charge in [0, 0.05) is 5.69 Å². The number of nitrogens with zero attached hydrogens (tertiary/aromatic N) is 2. The third kappa shape index (κ3) is 2.87. The van der Waals surface area contributed by atoms with Crippen molar-refractivity contribution >= 4 is 0 Å². The molecule has 0 radical (unpaired) electrons. The smallest absolute Gasteiger partial charge is 0.0662 e. The summed E-state index contributed by atoms with van der Waals surface area (Å²) < 4.78 is 2.09. The van der Waals surface area contributed by atoms with Gasteiger partial charge in [-0.05, 0) is 62.9 Å². The highest BCUT2D eigenvalue weighted by atomic mass is 15.3. The SMILES string of the molecule is Cc1ccc(Cn2nc(C)c(CCN)c2C)cc1C. The highest BCUT2D eigenvalue weighted by Gasteiger charge is 2.11. The molecular weight excluding hydrogens is 234 g/mol. The molecule has 102 valence electrons. The molecule has 2 rings (SSSR count). The summed E-state index contributed by atoms with van der Waals surface area (Å²) in [5.74, 6) is 0. The van der Waals surface area contributed by atoms with E-state index in [1.807, 2.05) is 0 Å². The van der Waals surface area contributed by atoms with Crippen molar-refractivity contribution < 1.29 is 0 Å². The Kier molecular flexibility index (Phi) is 4.05. The molecule has 3 heteroatoms. The summed E-state index contributed by atoms with van der Waals surface area (Å²) in [4.78, 5) is 0. The lowest BCUT2D eigenvalue weighted by atomic mass is 10.1. The molecule has 0 aliphatic rings. The minimum absolute atomic E-state index is 0.678. The highest BCUT2D eigenvalue weighted by Crippen LogP contribution is 2.16. The van der Waals surface area contributed by atoms with Gasteiger partial charge in [-0.1, -0.05) is 18.2 Å². The quantitative estimate of drug-likeness (QED) is 0.915. The molecule has 0 aliphatic heterocycles. The first-order valence-corrected chi connectivity index (χ1v) is 6.82. The average Bonchev–Trinajstić information content (AvgIpc) is 2.62. The molecule has 0 saturated heterocycles. The maximum atomic E-state index is 5.66. The summed E-state index contributed by atoms with van der Waals surface area (Å²) in [6.45, 7) is 10.00. The molecule has 1 aromatic heterocycles. The predicted molar refractivity (Wildman–Crippen MR) is 79.5 cm³/mol. The molecule has 1 heterocycles. The fraction of sp³-hybridized carbons (Fsp3) is 0.438. The molecular formula is C16H23N3. The number of aromatic nitrogens is 2. The second-order valence-electron chi connectivity index (χ2n) is 5.26. The van der Waals surface area contributed by atoms with Crippen molar-refractivity contribution in [3.63, 3.8) is 0 Å². The molecule has 0 amide bonds. The van der Waals surface area contributed by atoms with E-state index in [0.717, 1.165) is 18.7 Å². The zero-order valence-corrected chi connectivity index (χ0v) is 12.3. The van der Waals surface area contributed by atoms with Crippen LogP contribution < -0.4 is 5.73 Å². The molecule has 0 saturated carbocycles. The van der Waals surface area contributed by atoms with Crippen molar-refractivity contribution in [2.45, 2.75) is 40.7 Å². The molecule has 3 nitrogen and oxygen atoms in total. The second-order valence-corrected chi connectivity index (χ2v) is 5.26. The van der Waals surface area contributed by atoms with Gasteiger partial charge in [-0.25, -0.2) is 0 Å². The summed E-state index contributed by atoms with van der Waals surface area (Å²) in [6, 6.07) is 6.60. The van der Waals surface area contributed by atoms with E-state index in [0.29, 0.717) is 6.54 Å². The number of rotatable bonds is 4. The van der Waals surface area contributed by atoms with E-state index >= 15 is 0 Å². The Morgan fingerprint density at radius 1 is 1.11 bits per heavy atom. The maximum Gasteiger partial charge on any atom is 0.0662 e. The molecule has 0 aliphatic carbocycles. The molecule has 19 heavy (non-hydrogen) atoms. The fourth-order valence-corrected chi connectivity index (χ4v) is 2.47. The summed E-state index contributed by atoms with van der Waals surface area (Å²) in [6.07, 6.45) is 0.907. The largest absolute Gasteiger partial charge is 0.330 e. The van der Waals surface area contributed by atoms with E-state index in [4.69, 9.17) is 5.73 Å². The molecule has 2 aromatic rings. The molecule has 1 aromatic carbocycles. The summed E-state index contributed by atoms with van der Waals surface area (Å²) in [5, 5.41) is 4.64. The van der Waals surface area contributed by atoms with Crippen molar-refractivity contribution in [2.24, 2.45) is 5.73 Å². The fourth-order valence-electron chi connectivity index (χ4n) is 2.47. The van der Waals surface area contributed by atoms with E-state index in [1.54, 1.807) is 0 Å². The number of aryl methyl sites for hydroxylation is 3. The number of nitrogens with two attached hydrogens (primary N) is 1. The summed E-state index contributed by atoms with van der Waals surface area (Å²) in [5.41, 5.74) is 13.3. The highest BCUT2D eigenvalue weighted by molar-refractivity contribution is 5.31. The van der Waals surface area contributed by atoms with Crippen LogP contribution in [0.1, 0.15) is 33.6 Å². The van der Waals surface area contributed by atoms with Gasteiger partial charge in [0.2, 0.25) is 0 Å². The molecule has 0 spiro atoms. The first kappa shape index (κ1) is 13.8. The van der Waals surface area contributed by atoms with E-state index in [-0.39, 0.29) is 0 Å². The number of hydrogen-bond acceptors (Lipinski definition) is 2. The van der Waals surface area contributed by atoms with Crippen molar-refractivity contribution in [1.29, 1.82) is 0 Å².